The van der Waals surface area contributed by atoms with Gasteiger partial charge in [-0.05, 0) is 29.5 Å². The zero-order valence-electron chi connectivity index (χ0n) is 16.0. The molecule has 3 aromatic rings. The molecule has 1 N–H and O–H groups in total. The Morgan fingerprint density at radius 3 is 2.45 bits per heavy atom. The molecule has 0 aliphatic carbocycles. The van der Waals surface area contributed by atoms with Gasteiger partial charge < -0.3 is 0 Å². The molecule has 1 heterocycles. The number of anilines is 1. The number of nitrogens with one attached hydrogen (secondary N) is 1. The Morgan fingerprint density at radius 2 is 1.72 bits per heavy atom. The largest absolute Gasteiger partial charge is 0.271 e. The molecule has 4 rings (SSSR count). The maximum Gasteiger partial charge on any atom is 0.265 e. The van der Waals surface area contributed by atoms with Crippen molar-refractivity contribution in [1.82, 2.24) is 5.43 Å². The number of nitrogens with zero attached hydrogens (tertiary/aromatic N) is 2. The summed E-state index contributed by atoms with van der Waals surface area (Å²) < 4.78 is 27.1. The fraction of sp³-hybridized carbons (Fsp3) is 0.182. The van der Waals surface area contributed by atoms with E-state index in [9.17, 15) is 13.2 Å². The molecule has 1 aliphatic rings. The highest BCUT2D eigenvalue weighted by Gasteiger charge is 2.36. The number of hydrogen-bond donors (Lipinski definition) is 1. The van der Waals surface area contributed by atoms with E-state index in [0.29, 0.717) is 17.5 Å². The van der Waals surface area contributed by atoms with Gasteiger partial charge in [0.2, 0.25) is 0 Å². The quantitative estimate of drug-likeness (QED) is 0.500. The van der Waals surface area contributed by atoms with Crippen LogP contribution >= 0.6 is 0 Å². The summed E-state index contributed by atoms with van der Waals surface area (Å²) in [6.07, 6.45) is 1.58. The van der Waals surface area contributed by atoms with Crippen molar-refractivity contribution in [3.05, 3.63) is 72.3 Å². The van der Waals surface area contributed by atoms with Crippen LogP contribution < -0.4 is 9.73 Å². The van der Waals surface area contributed by atoms with Crippen molar-refractivity contribution in [1.29, 1.82) is 0 Å². The molecule has 0 atom stereocenters. The number of sulfonamides is 1. The van der Waals surface area contributed by atoms with E-state index < -0.39 is 15.9 Å². The maximum atomic E-state index is 13.0. The highest BCUT2D eigenvalue weighted by molar-refractivity contribution is 7.93. The van der Waals surface area contributed by atoms with Crippen LogP contribution in [0.2, 0.25) is 0 Å². The number of carbonyl (C=O) groups is 1. The first kappa shape index (κ1) is 19.1. The molecule has 1 aliphatic heterocycles. The minimum absolute atomic E-state index is 0.234. The van der Waals surface area contributed by atoms with Crippen molar-refractivity contribution in [2.24, 2.45) is 5.10 Å². The fourth-order valence-corrected chi connectivity index (χ4v) is 5.22. The third-order valence-corrected chi connectivity index (χ3v) is 6.68. The van der Waals surface area contributed by atoms with Crippen LogP contribution in [0.3, 0.4) is 0 Å². The van der Waals surface area contributed by atoms with Crippen molar-refractivity contribution >= 4 is 38.1 Å². The maximum absolute atomic E-state index is 13.0. The topological polar surface area (TPSA) is 78.8 Å². The summed E-state index contributed by atoms with van der Waals surface area (Å²) in [6, 6.07) is 20.1. The predicted molar refractivity (Wildman–Crippen MR) is 115 cm³/mol. The Labute approximate surface area is 169 Å². The highest BCUT2D eigenvalue weighted by atomic mass is 32.2. The van der Waals surface area contributed by atoms with Crippen LogP contribution in [0.5, 0.6) is 0 Å². The number of hydrogen-bond acceptors (Lipinski definition) is 4. The van der Waals surface area contributed by atoms with E-state index >= 15 is 0 Å². The zero-order chi connectivity index (χ0) is 20.4. The van der Waals surface area contributed by atoms with Gasteiger partial charge in [0.25, 0.3) is 15.9 Å². The van der Waals surface area contributed by atoms with E-state index in [-0.39, 0.29) is 11.4 Å². The Hall–Kier alpha value is -3.19. The summed E-state index contributed by atoms with van der Waals surface area (Å²) in [7, 11) is -3.77. The van der Waals surface area contributed by atoms with E-state index in [2.05, 4.69) is 10.5 Å². The third kappa shape index (κ3) is 3.49. The van der Waals surface area contributed by atoms with Crippen LogP contribution in [0.4, 0.5) is 5.69 Å². The lowest BCUT2D eigenvalue weighted by Gasteiger charge is -2.17. The smallest absolute Gasteiger partial charge is 0.265 e. The normalized spacial score (nSPS) is 14.9. The van der Waals surface area contributed by atoms with E-state index in [1.165, 1.54) is 0 Å². The van der Waals surface area contributed by atoms with Gasteiger partial charge in [0.05, 0.1) is 16.3 Å². The minimum Gasteiger partial charge on any atom is -0.271 e. The number of benzene rings is 3. The van der Waals surface area contributed by atoms with Gasteiger partial charge in [0.15, 0.2) is 0 Å². The highest BCUT2D eigenvalue weighted by Crippen LogP contribution is 2.41. The van der Waals surface area contributed by atoms with Gasteiger partial charge in [0, 0.05) is 5.39 Å². The van der Waals surface area contributed by atoms with Crippen LogP contribution in [0.1, 0.15) is 25.3 Å². The molecule has 3 aromatic carbocycles. The molecule has 29 heavy (non-hydrogen) atoms. The van der Waals surface area contributed by atoms with E-state index in [1.54, 1.807) is 24.3 Å². The van der Waals surface area contributed by atoms with Gasteiger partial charge in [-0.15, -0.1) is 0 Å². The summed E-state index contributed by atoms with van der Waals surface area (Å²) >= 11 is 0. The van der Waals surface area contributed by atoms with E-state index in [1.807, 2.05) is 49.4 Å². The molecular formula is C22H21N3O3S. The van der Waals surface area contributed by atoms with Crippen LogP contribution in [-0.4, -0.2) is 26.6 Å². The van der Waals surface area contributed by atoms with E-state index in [0.717, 1.165) is 27.4 Å². The molecule has 7 heteroatoms. The van der Waals surface area contributed by atoms with Crippen molar-refractivity contribution in [2.75, 3.05) is 10.8 Å². The lowest BCUT2D eigenvalue weighted by molar-refractivity contribution is -0.119. The first-order valence-electron chi connectivity index (χ1n) is 9.47. The van der Waals surface area contributed by atoms with Crippen LogP contribution in [0.15, 0.2) is 76.7 Å². The van der Waals surface area contributed by atoms with Crippen LogP contribution in [0, 0.1) is 0 Å². The summed E-state index contributed by atoms with van der Waals surface area (Å²) in [5.41, 5.74) is 4.75. The Kier molecular flexibility index (Phi) is 5.07. The standard InChI is InChI=1S/C22H21N3O3S/c1-2-8-18(16-9-4-3-5-10-16)23-24-21(26)15-25-19-13-6-11-17-12-7-14-20(22(17)19)29(25,27)28/h3-7,9-14H,2,8,15H2,1H3,(H,24,26)/b23-18-. The lowest BCUT2D eigenvalue weighted by atomic mass is 10.1. The summed E-state index contributed by atoms with van der Waals surface area (Å²) in [5, 5.41) is 5.75. The van der Waals surface area contributed by atoms with Crippen molar-refractivity contribution in [2.45, 2.75) is 24.7 Å². The van der Waals surface area contributed by atoms with Gasteiger partial charge >= 0.3 is 0 Å². The molecule has 0 spiro atoms. The number of hydrazone groups is 1. The second-order valence-electron chi connectivity index (χ2n) is 6.85. The molecular weight excluding hydrogens is 386 g/mol. The van der Waals surface area contributed by atoms with Gasteiger partial charge in [-0.2, -0.15) is 5.10 Å². The molecule has 0 saturated heterocycles. The Bertz CT molecular complexity index is 1200. The van der Waals surface area contributed by atoms with Gasteiger partial charge in [0.1, 0.15) is 6.54 Å². The number of amides is 1. The molecule has 148 valence electrons. The molecule has 0 unspecified atom stereocenters. The SMILES string of the molecule is CCC/C(=N/NC(=O)CN1c2cccc3cccc(c23)S1(=O)=O)c1ccccc1. The average molecular weight is 407 g/mol. The molecule has 1 amide bonds. The van der Waals surface area contributed by atoms with Crippen molar-refractivity contribution in [3.8, 4) is 0 Å². The van der Waals surface area contributed by atoms with E-state index in [4.69, 9.17) is 0 Å². The van der Waals surface area contributed by atoms with Crippen molar-refractivity contribution in [3.63, 3.8) is 0 Å². The zero-order valence-corrected chi connectivity index (χ0v) is 16.8. The molecule has 0 saturated carbocycles. The molecule has 0 aromatic heterocycles. The fourth-order valence-electron chi connectivity index (χ4n) is 3.56. The Balaban J connectivity index is 1.58. The molecule has 0 radical (unpaired) electrons. The molecule has 0 fully saturated rings. The van der Waals surface area contributed by atoms with Gasteiger partial charge in [-0.1, -0.05) is 67.9 Å². The van der Waals surface area contributed by atoms with Crippen LogP contribution in [0.25, 0.3) is 10.8 Å². The summed E-state index contributed by atoms with van der Waals surface area (Å²) in [4.78, 5) is 12.8. The van der Waals surface area contributed by atoms with Gasteiger partial charge in [-0.3, -0.25) is 9.10 Å². The van der Waals surface area contributed by atoms with Crippen molar-refractivity contribution < 1.29 is 13.2 Å². The van der Waals surface area contributed by atoms with Crippen LogP contribution in [-0.2, 0) is 14.8 Å². The summed E-state index contributed by atoms with van der Waals surface area (Å²) in [6.45, 7) is 1.71. The first-order chi connectivity index (χ1) is 14.0. The second-order valence-corrected chi connectivity index (χ2v) is 8.68. The predicted octanol–water partition coefficient (Wildman–Crippen LogP) is 3.67. The second kappa shape index (κ2) is 7.67. The third-order valence-electron chi connectivity index (χ3n) is 4.88. The molecule has 6 nitrogen and oxygen atoms in total. The number of carbonyl (C=O) groups excluding carboxylic acids is 1. The Morgan fingerprint density at radius 1 is 1.00 bits per heavy atom. The lowest BCUT2D eigenvalue weighted by Crippen LogP contribution is -2.37. The summed E-state index contributed by atoms with van der Waals surface area (Å²) in [5.74, 6) is -0.483. The molecule has 0 bridgehead atoms. The average Bonchev–Trinajstić information content (AvgIpc) is 2.95. The number of rotatable bonds is 6. The minimum atomic E-state index is -3.77. The van der Waals surface area contributed by atoms with Gasteiger partial charge in [-0.25, -0.2) is 13.8 Å². The first-order valence-corrected chi connectivity index (χ1v) is 10.9. The monoisotopic (exact) mass is 407 g/mol.